The fourth-order valence-electron chi connectivity index (χ4n) is 1.71. The standard InChI is InChI=1S/C13H13N3O4/c17-11-7-16(13(19)20)8-12(18)10(11)6-14-15-9-4-2-1-3-5-9/h1-6,15,17H,7-8H2,(H,19,20). The number of aliphatic hydroxyl groups excluding tert-OH is 1. The molecule has 0 bridgehead atoms. The van der Waals surface area contributed by atoms with Crippen LogP contribution in [0, 0.1) is 0 Å². The Kier molecular flexibility index (Phi) is 3.99. The molecule has 7 nitrogen and oxygen atoms in total. The normalized spacial score (nSPS) is 15.8. The molecule has 0 spiro atoms. The van der Waals surface area contributed by atoms with Gasteiger partial charge in [-0.1, -0.05) is 18.2 Å². The van der Waals surface area contributed by atoms with Crippen LogP contribution in [0.1, 0.15) is 0 Å². The van der Waals surface area contributed by atoms with Crippen LogP contribution in [0.4, 0.5) is 10.5 Å². The second-order valence-corrected chi connectivity index (χ2v) is 4.16. The summed E-state index contributed by atoms with van der Waals surface area (Å²) in [6.45, 7) is -0.500. The van der Waals surface area contributed by atoms with E-state index in [-0.39, 0.29) is 24.4 Å². The van der Waals surface area contributed by atoms with E-state index in [2.05, 4.69) is 10.5 Å². The van der Waals surface area contributed by atoms with Crippen LogP contribution in [0.5, 0.6) is 0 Å². The molecule has 0 atom stereocenters. The third-order valence-electron chi connectivity index (χ3n) is 2.72. The number of aliphatic hydroxyl groups is 1. The first-order valence-electron chi connectivity index (χ1n) is 5.85. The van der Waals surface area contributed by atoms with Gasteiger partial charge in [0.15, 0.2) is 5.78 Å². The minimum atomic E-state index is -1.25. The summed E-state index contributed by atoms with van der Waals surface area (Å²) in [6.07, 6.45) is -0.0487. The average Bonchev–Trinajstić information content (AvgIpc) is 2.42. The first-order valence-corrected chi connectivity index (χ1v) is 5.85. The van der Waals surface area contributed by atoms with Crippen molar-refractivity contribution in [1.29, 1.82) is 0 Å². The molecule has 1 aliphatic rings. The molecule has 7 heteroatoms. The van der Waals surface area contributed by atoms with Crippen molar-refractivity contribution in [2.24, 2.45) is 5.10 Å². The van der Waals surface area contributed by atoms with Crippen LogP contribution in [0.25, 0.3) is 0 Å². The van der Waals surface area contributed by atoms with Crippen molar-refractivity contribution in [3.05, 3.63) is 41.7 Å². The predicted octanol–water partition coefficient (Wildman–Crippen LogP) is 1.46. The number of benzene rings is 1. The van der Waals surface area contributed by atoms with Gasteiger partial charge in [0.1, 0.15) is 5.76 Å². The first kappa shape index (κ1) is 13.6. The third-order valence-corrected chi connectivity index (χ3v) is 2.72. The Labute approximate surface area is 114 Å². The largest absolute Gasteiger partial charge is 0.510 e. The summed E-state index contributed by atoms with van der Waals surface area (Å²) in [5.74, 6) is -0.794. The fourth-order valence-corrected chi connectivity index (χ4v) is 1.71. The molecule has 0 saturated carbocycles. The summed E-state index contributed by atoms with van der Waals surface area (Å²) >= 11 is 0. The molecule has 1 aromatic rings. The van der Waals surface area contributed by atoms with Crippen molar-refractivity contribution in [3.8, 4) is 0 Å². The maximum Gasteiger partial charge on any atom is 0.408 e. The van der Waals surface area contributed by atoms with E-state index in [0.717, 1.165) is 10.6 Å². The van der Waals surface area contributed by atoms with E-state index >= 15 is 0 Å². The minimum Gasteiger partial charge on any atom is -0.510 e. The van der Waals surface area contributed by atoms with Gasteiger partial charge in [0.2, 0.25) is 0 Å². The van der Waals surface area contributed by atoms with Gasteiger partial charge in [0, 0.05) is 0 Å². The Balaban J connectivity index is 2.06. The zero-order valence-electron chi connectivity index (χ0n) is 10.5. The van der Waals surface area contributed by atoms with E-state index in [1.807, 2.05) is 18.2 Å². The van der Waals surface area contributed by atoms with Crippen LogP contribution in [-0.2, 0) is 4.79 Å². The van der Waals surface area contributed by atoms with Gasteiger partial charge in [-0.25, -0.2) is 4.79 Å². The zero-order chi connectivity index (χ0) is 14.5. The Morgan fingerprint density at radius 1 is 1.30 bits per heavy atom. The zero-order valence-corrected chi connectivity index (χ0v) is 10.5. The Morgan fingerprint density at radius 2 is 2.00 bits per heavy atom. The van der Waals surface area contributed by atoms with Crippen LogP contribution >= 0.6 is 0 Å². The van der Waals surface area contributed by atoms with Crippen LogP contribution in [-0.4, -0.2) is 46.3 Å². The van der Waals surface area contributed by atoms with E-state index in [1.165, 1.54) is 6.21 Å². The topological polar surface area (TPSA) is 102 Å². The van der Waals surface area contributed by atoms with E-state index in [0.29, 0.717) is 0 Å². The molecule has 2 rings (SSSR count). The number of hydrazone groups is 1. The molecular formula is C13H13N3O4. The maximum absolute atomic E-state index is 11.7. The Bertz CT molecular complexity index is 581. The van der Waals surface area contributed by atoms with Crippen LogP contribution in [0.3, 0.4) is 0 Å². The third kappa shape index (κ3) is 3.14. The first-order chi connectivity index (χ1) is 9.58. The molecule has 1 aliphatic heterocycles. The van der Waals surface area contributed by atoms with E-state index in [9.17, 15) is 14.7 Å². The van der Waals surface area contributed by atoms with Crippen LogP contribution in [0.2, 0.25) is 0 Å². The number of carbonyl (C=O) groups excluding carboxylic acids is 1. The van der Waals surface area contributed by atoms with Crippen molar-refractivity contribution in [1.82, 2.24) is 4.90 Å². The number of carbonyl (C=O) groups is 2. The van der Waals surface area contributed by atoms with Crippen molar-refractivity contribution in [2.45, 2.75) is 0 Å². The molecule has 0 aromatic heterocycles. The number of anilines is 1. The van der Waals surface area contributed by atoms with Gasteiger partial charge in [0.05, 0.1) is 30.6 Å². The van der Waals surface area contributed by atoms with Gasteiger partial charge in [-0.15, -0.1) is 0 Å². The summed E-state index contributed by atoms with van der Waals surface area (Å²) in [5, 5.41) is 22.3. The monoisotopic (exact) mass is 275 g/mol. The number of nitrogens with zero attached hydrogens (tertiary/aromatic N) is 2. The van der Waals surface area contributed by atoms with E-state index in [1.54, 1.807) is 12.1 Å². The van der Waals surface area contributed by atoms with Gasteiger partial charge >= 0.3 is 6.09 Å². The van der Waals surface area contributed by atoms with Gasteiger partial charge in [-0.05, 0) is 12.1 Å². The van der Waals surface area contributed by atoms with Gasteiger partial charge < -0.3 is 10.2 Å². The maximum atomic E-state index is 11.7. The predicted molar refractivity (Wildman–Crippen MR) is 72.8 cm³/mol. The second kappa shape index (κ2) is 5.87. The summed E-state index contributed by atoms with van der Waals surface area (Å²) in [4.78, 5) is 23.3. The van der Waals surface area contributed by atoms with Gasteiger partial charge in [-0.2, -0.15) is 5.10 Å². The highest BCUT2D eigenvalue weighted by Crippen LogP contribution is 2.12. The molecule has 1 heterocycles. The Hall–Kier alpha value is -2.83. The van der Waals surface area contributed by atoms with Crippen LogP contribution < -0.4 is 5.43 Å². The number of nitrogens with one attached hydrogen (secondary N) is 1. The van der Waals surface area contributed by atoms with Gasteiger partial charge in [-0.3, -0.25) is 15.1 Å². The fraction of sp³-hybridized carbons (Fsp3) is 0.154. The lowest BCUT2D eigenvalue weighted by molar-refractivity contribution is -0.116. The summed E-state index contributed by atoms with van der Waals surface area (Å²) in [6, 6.07) is 9.09. The van der Waals surface area contributed by atoms with E-state index < -0.39 is 11.9 Å². The molecule has 0 unspecified atom stereocenters. The molecular weight excluding hydrogens is 262 g/mol. The number of Topliss-reactive ketones (excluding diaryl/α,β-unsaturated/α-hetero) is 1. The number of ketones is 1. The second-order valence-electron chi connectivity index (χ2n) is 4.16. The molecule has 0 aliphatic carbocycles. The number of hydrogen-bond donors (Lipinski definition) is 3. The lowest BCUT2D eigenvalue weighted by atomic mass is 10.1. The Morgan fingerprint density at radius 3 is 2.60 bits per heavy atom. The summed E-state index contributed by atoms with van der Waals surface area (Å²) in [5.41, 5.74) is 3.46. The van der Waals surface area contributed by atoms with Gasteiger partial charge in [0.25, 0.3) is 0 Å². The number of hydrogen-bond acceptors (Lipinski definition) is 5. The number of amides is 1. The summed E-state index contributed by atoms with van der Waals surface area (Å²) in [7, 11) is 0. The lowest BCUT2D eigenvalue weighted by Crippen LogP contribution is -2.41. The van der Waals surface area contributed by atoms with E-state index in [4.69, 9.17) is 5.11 Å². The molecule has 0 radical (unpaired) electrons. The highest BCUT2D eigenvalue weighted by Gasteiger charge is 2.27. The molecule has 0 saturated heterocycles. The minimum absolute atomic E-state index is 0.0194. The number of carboxylic acid groups (broad SMARTS) is 1. The lowest BCUT2D eigenvalue weighted by Gasteiger charge is -2.23. The molecule has 20 heavy (non-hydrogen) atoms. The highest BCUT2D eigenvalue weighted by molar-refractivity contribution is 6.15. The number of para-hydroxylation sites is 1. The molecule has 0 fully saturated rings. The molecule has 3 N–H and O–H groups in total. The van der Waals surface area contributed by atoms with Crippen molar-refractivity contribution in [2.75, 3.05) is 18.5 Å². The average molecular weight is 275 g/mol. The van der Waals surface area contributed by atoms with Crippen molar-refractivity contribution >= 4 is 23.8 Å². The highest BCUT2D eigenvalue weighted by atomic mass is 16.4. The smallest absolute Gasteiger partial charge is 0.408 e. The summed E-state index contributed by atoms with van der Waals surface area (Å²) < 4.78 is 0. The SMILES string of the molecule is O=C1CN(C(=O)O)CC(O)=C1C=NNc1ccccc1. The van der Waals surface area contributed by atoms with Crippen LogP contribution in [0.15, 0.2) is 46.8 Å². The quantitative estimate of drug-likeness (QED) is 0.572. The molecule has 104 valence electrons. The van der Waals surface area contributed by atoms with Crippen molar-refractivity contribution < 1.29 is 19.8 Å². The van der Waals surface area contributed by atoms with Crippen molar-refractivity contribution in [3.63, 3.8) is 0 Å². The molecule has 1 amide bonds. The molecule has 1 aromatic carbocycles. The number of rotatable bonds is 3.